The van der Waals surface area contributed by atoms with Crippen molar-refractivity contribution in [2.45, 2.75) is 51.0 Å². The van der Waals surface area contributed by atoms with Crippen LogP contribution in [0.15, 0.2) is 0 Å². The molecule has 2 aliphatic rings. The Labute approximate surface area is 106 Å². The summed E-state index contributed by atoms with van der Waals surface area (Å²) in [6.07, 6.45) is 7.93. The lowest BCUT2D eigenvalue weighted by Gasteiger charge is -2.41. The van der Waals surface area contributed by atoms with E-state index >= 15 is 0 Å². The summed E-state index contributed by atoms with van der Waals surface area (Å²) in [5.41, 5.74) is 0.475. The third-order valence-electron chi connectivity index (χ3n) is 4.13. The van der Waals surface area contributed by atoms with Gasteiger partial charge in [0.1, 0.15) is 0 Å². The lowest BCUT2D eigenvalue weighted by atomic mass is 9.94. The predicted molar refractivity (Wildman–Crippen MR) is 71.4 cm³/mol. The van der Waals surface area contributed by atoms with Gasteiger partial charge in [0.05, 0.1) is 0 Å². The topological polar surface area (TPSA) is 24.5 Å². The maximum atomic E-state index is 5.55. The minimum Gasteiger partial charge on any atom is -0.381 e. The van der Waals surface area contributed by atoms with Crippen LogP contribution in [-0.4, -0.2) is 49.8 Å². The number of rotatable bonds is 6. The predicted octanol–water partition coefficient (Wildman–Crippen LogP) is 2.02. The molecule has 3 nitrogen and oxygen atoms in total. The van der Waals surface area contributed by atoms with Crippen molar-refractivity contribution in [2.75, 3.05) is 39.4 Å². The SMILES string of the molecule is CCCOCCCN1CCNC2(CCCC2)C1. The molecule has 3 heteroatoms. The second-order valence-electron chi connectivity index (χ2n) is 5.66. The van der Waals surface area contributed by atoms with Crippen LogP contribution in [0, 0.1) is 0 Å². The Morgan fingerprint density at radius 3 is 2.82 bits per heavy atom. The fourth-order valence-electron chi connectivity index (χ4n) is 3.26. The van der Waals surface area contributed by atoms with Gasteiger partial charge in [0.15, 0.2) is 0 Å². The molecule has 0 aromatic rings. The van der Waals surface area contributed by atoms with Gasteiger partial charge in [0.25, 0.3) is 0 Å². The van der Waals surface area contributed by atoms with Crippen LogP contribution in [0.3, 0.4) is 0 Å². The quantitative estimate of drug-likeness (QED) is 0.719. The first kappa shape index (κ1) is 13.3. The molecule has 2 rings (SSSR count). The summed E-state index contributed by atoms with van der Waals surface area (Å²) < 4.78 is 5.55. The molecule has 1 saturated carbocycles. The van der Waals surface area contributed by atoms with E-state index in [1.54, 1.807) is 0 Å². The van der Waals surface area contributed by atoms with Crippen molar-refractivity contribution in [3.8, 4) is 0 Å². The molecule has 100 valence electrons. The van der Waals surface area contributed by atoms with Crippen LogP contribution in [0.25, 0.3) is 0 Å². The van der Waals surface area contributed by atoms with Crippen molar-refractivity contribution < 1.29 is 4.74 Å². The Kier molecular flexibility index (Phi) is 5.26. The van der Waals surface area contributed by atoms with E-state index in [1.807, 2.05) is 0 Å². The summed E-state index contributed by atoms with van der Waals surface area (Å²) in [6.45, 7) is 8.90. The Morgan fingerprint density at radius 1 is 1.24 bits per heavy atom. The van der Waals surface area contributed by atoms with Crippen LogP contribution in [0.4, 0.5) is 0 Å². The summed E-state index contributed by atoms with van der Waals surface area (Å²) in [6, 6.07) is 0. The van der Waals surface area contributed by atoms with Crippen molar-refractivity contribution in [1.82, 2.24) is 10.2 Å². The van der Waals surface area contributed by atoms with Gasteiger partial charge < -0.3 is 15.0 Å². The number of piperazine rings is 1. The molecule has 0 bridgehead atoms. The van der Waals surface area contributed by atoms with E-state index < -0.39 is 0 Å². The highest BCUT2D eigenvalue weighted by atomic mass is 16.5. The number of nitrogens with zero attached hydrogens (tertiary/aromatic N) is 1. The third kappa shape index (κ3) is 3.94. The van der Waals surface area contributed by atoms with Gasteiger partial charge in [-0.25, -0.2) is 0 Å². The molecule has 0 atom stereocenters. The van der Waals surface area contributed by atoms with Crippen LogP contribution in [0.2, 0.25) is 0 Å². The second kappa shape index (κ2) is 6.72. The summed E-state index contributed by atoms with van der Waals surface area (Å²) in [5, 5.41) is 3.76. The van der Waals surface area contributed by atoms with Crippen LogP contribution in [0.5, 0.6) is 0 Å². The first-order valence-corrected chi connectivity index (χ1v) is 7.40. The molecule has 1 spiro atoms. The lowest BCUT2D eigenvalue weighted by Crippen LogP contribution is -2.59. The van der Waals surface area contributed by atoms with E-state index in [9.17, 15) is 0 Å². The van der Waals surface area contributed by atoms with Gasteiger partial charge in [0.2, 0.25) is 0 Å². The van der Waals surface area contributed by atoms with Crippen molar-refractivity contribution in [3.05, 3.63) is 0 Å². The molecule has 0 amide bonds. The minimum absolute atomic E-state index is 0.475. The molecule has 0 radical (unpaired) electrons. The minimum atomic E-state index is 0.475. The smallest absolute Gasteiger partial charge is 0.0478 e. The number of hydrogen-bond donors (Lipinski definition) is 1. The van der Waals surface area contributed by atoms with Gasteiger partial charge in [0, 0.05) is 44.9 Å². The molecule has 1 heterocycles. The van der Waals surface area contributed by atoms with Gasteiger partial charge in [-0.1, -0.05) is 19.8 Å². The Balaban J connectivity index is 1.63. The number of ether oxygens (including phenoxy) is 1. The summed E-state index contributed by atoms with van der Waals surface area (Å²) in [5.74, 6) is 0. The molecule has 0 aromatic heterocycles. The maximum absolute atomic E-state index is 5.55. The van der Waals surface area contributed by atoms with E-state index in [-0.39, 0.29) is 0 Å². The first-order chi connectivity index (χ1) is 8.35. The van der Waals surface area contributed by atoms with Crippen LogP contribution in [0.1, 0.15) is 45.4 Å². The number of hydrogen-bond acceptors (Lipinski definition) is 3. The Bertz CT molecular complexity index is 214. The van der Waals surface area contributed by atoms with E-state index in [1.165, 1.54) is 58.3 Å². The molecule has 1 saturated heterocycles. The van der Waals surface area contributed by atoms with E-state index in [0.717, 1.165) is 19.6 Å². The van der Waals surface area contributed by atoms with E-state index in [2.05, 4.69) is 17.1 Å². The average molecular weight is 240 g/mol. The molecule has 17 heavy (non-hydrogen) atoms. The maximum Gasteiger partial charge on any atom is 0.0478 e. The fraction of sp³-hybridized carbons (Fsp3) is 1.00. The van der Waals surface area contributed by atoms with Crippen LogP contribution < -0.4 is 5.32 Å². The molecule has 1 N–H and O–H groups in total. The summed E-state index contributed by atoms with van der Waals surface area (Å²) in [7, 11) is 0. The van der Waals surface area contributed by atoms with Gasteiger partial charge >= 0.3 is 0 Å². The molecular weight excluding hydrogens is 212 g/mol. The highest BCUT2D eigenvalue weighted by molar-refractivity contribution is 4.97. The molecule has 0 unspecified atom stereocenters. The molecule has 2 fully saturated rings. The van der Waals surface area contributed by atoms with Gasteiger partial charge in [-0.05, 0) is 25.7 Å². The molecular formula is C14H28N2O. The zero-order chi connectivity index (χ0) is 12.0. The van der Waals surface area contributed by atoms with E-state index in [0.29, 0.717) is 5.54 Å². The zero-order valence-electron chi connectivity index (χ0n) is 11.3. The zero-order valence-corrected chi connectivity index (χ0v) is 11.3. The normalized spacial score (nSPS) is 24.5. The largest absolute Gasteiger partial charge is 0.381 e. The monoisotopic (exact) mass is 240 g/mol. The molecule has 1 aliphatic carbocycles. The van der Waals surface area contributed by atoms with Gasteiger partial charge in [-0.2, -0.15) is 0 Å². The highest BCUT2D eigenvalue weighted by Crippen LogP contribution is 2.31. The highest BCUT2D eigenvalue weighted by Gasteiger charge is 2.37. The van der Waals surface area contributed by atoms with Gasteiger partial charge in [-0.3, -0.25) is 0 Å². The fourth-order valence-corrected chi connectivity index (χ4v) is 3.26. The van der Waals surface area contributed by atoms with Crippen molar-refractivity contribution in [3.63, 3.8) is 0 Å². The second-order valence-corrected chi connectivity index (χ2v) is 5.66. The van der Waals surface area contributed by atoms with Crippen LogP contribution >= 0.6 is 0 Å². The van der Waals surface area contributed by atoms with Crippen molar-refractivity contribution >= 4 is 0 Å². The standard InChI is InChI=1S/C14H28N2O/c1-2-11-17-12-5-9-16-10-8-15-14(13-16)6-3-4-7-14/h15H,2-13H2,1H3. The molecule has 1 aliphatic heterocycles. The van der Waals surface area contributed by atoms with Crippen molar-refractivity contribution in [2.24, 2.45) is 0 Å². The third-order valence-corrected chi connectivity index (χ3v) is 4.13. The number of nitrogens with one attached hydrogen (secondary N) is 1. The average Bonchev–Trinajstić information content (AvgIpc) is 2.77. The van der Waals surface area contributed by atoms with Crippen molar-refractivity contribution in [1.29, 1.82) is 0 Å². The summed E-state index contributed by atoms with van der Waals surface area (Å²) in [4.78, 5) is 2.64. The van der Waals surface area contributed by atoms with Gasteiger partial charge in [-0.15, -0.1) is 0 Å². The Hall–Kier alpha value is -0.120. The lowest BCUT2D eigenvalue weighted by molar-refractivity contribution is 0.0983. The first-order valence-electron chi connectivity index (χ1n) is 7.40. The van der Waals surface area contributed by atoms with Crippen LogP contribution in [-0.2, 0) is 4.74 Å². The summed E-state index contributed by atoms with van der Waals surface area (Å²) >= 11 is 0. The Morgan fingerprint density at radius 2 is 2.06 bits per heavy atom. The molecule has 0 aromatic carbocycles. The van der Waals surface area contributed by atoms with E-state index in [4.69, 9.17) is 4.74 Å².